The van der Waals surface area contributed by atoms with Crippen molar-refractivity contribution in [2.75, 3.05) is 6.61 Å². The molecule has 2 bridgehead atoms. The maximum absolute atomic E-state index is 6.25. The van der Waals surface area contributed by atoms with E-state index < -0.39 is 0 Å². The third-order valence-electron chi connectivity index (χ3n) is 4.28. The summed E-state index contributed by atoms with van der Waals surface area (Å²) in [4.78, 5) is 0. The topological polar surface area (TPSA) is 30.5 Å². The van der Waals surface area contributed by atoms with Crippen LogP contribution in [0.15, 0.2) is 18.2 Å². The van der Waals surface area contributed by atoms with E-state index in [0.29, 0.717) is 18.2 Å². The summed E-state index contributed by atoms with van der Waals surface area (Å²) >= 11 is 0. The van der Waals surface area contributed by atoms with Crippen molar-refractivity contribution in [3.8, 4) is 11.5 Å². The zero-order valence-electron chi connectivity index (χ0n) is 12.5. The van der Waals surface area contributed by atoms with Gasteiger partial charge in [-0.3, -0.25) is 0 Å². The Bertz CT molecular complexity index is 448. The summed E-state index contributed by atoms with van der Waals surface area (Å²) in [5.41, 5.74) is 1.22. The van der Waals surface area contributed by atoms with Gasteiger partial charge in [0.15, 0.2) is 11.5 Å². The van der Waals surface area contributed by atoms with Crippen LogP contribution in [-0.2, 0) is 0 Å². The maximum atomic E-state index is 6.25. The van der Waals surface area contributed by atoms with Crippen LogP contribution in [0.2, 0.25) is 0 Å². The Morgan fingerprint density at radius 2 is 1.90 bits per heavy atom. The molecule has 0 aliphatic carbocycles. The minimum Gasteiger partial charge on any atom is -0.490 e. The lowest BCUT2D eigenvalue weighted by Gasteiger charge is -2.30. The van der Waals surface area contributed by atoms with Crippen LogP contribution in [0.4, 0.5) is 0 Å². The Morgan fingerprint density at radius 1 is 1.15 bits per heavy atom. The van der Waals surface area contributed by atoms with Crippen molar-refractivity contribution in [1.82, 2.24) is 5.32 Å². The third-order valence-corrected chi connectivity index (χ3v) is 4.28. The van der Waals surface area contributed by atoms with Crippen LogP contribution in [0, 0.1) is 6.92 Å². The van der Waals surface area contributed by atoms with Crippen LogP contribution >= 0.6 is 0 Å². The van der Waals surface area contributed by atoms with Gasteiger partial charge < -0.3 is 14.8 Å². The Kier molecular flexibility index (Phi) is 4.16. The molecule has 2 saturated heterocycles. The van der Waals surface area contributed by atoms with Gasteiger partial charge in [-0.05, 0) is 56.7 Å². The summed E-state index contributed by atoms with van der Waals surface area (Å²) in [5, 5.41) is 3.65. The van der Waals surface area contributed by atoms with Crippen molar-refractivity contribution in [1.29, 1.82) is 0 Å². The molecule has 1 N–H and O–H groups in total. The van der Waals surface area contributed by atoms with E-state index in [0.717, 1.165) is 37.4 Å². The number of benzene rings is 1. The molecule has 2 heterocycles. The molecule has 2 aliphatic rings. The van der Waals surface area contributed by atoms with Gasteiger partial charge in [-0.2, -0.15) is 0 Å². The molecule has 20 heavy (non-hydrogen) atoms. The molecule has 1 aromatic rings. The highest BCUT2D eigenvalue weighted by Gasteiger charge is 2.34. The highest BCUT2D eigenvalue weighted by molar-refractivity contribution is 5.42. The van der Waals surface area contributed by atoms with Gasteiger partial charge in [0, 0.05) is 12.1 Å². The van der Waals surface area contributed by atoms with Gasteiger partial charge in [-0.1, -0.05) is 13.0 Å². The molecule has 0 saturated carbocycles. The van der Waals surface area contributed by atoms with Crippen molar-refractivity contribution >= 4 is 0 Å². The first-order valence-electron chi connectivity index (χ1n) is 7.90. The number of fused-ring (bicyclic) bond motifs is 2. The molecule has 3 rings (SSSR count). The highest BCUT2D eigenvalue weighted by Crippen LogP contribution is 2.34. The van der Waals surface area contributed by atoms with Crippen molar-refractivity contribution in [3.05, 3.63) is 23.8 Å². The molecule has 1 unspecified atom stereocenters. The van der Waals surface area contributed by atoms with E-state index in [1.165, 1.54) is 18.4 Å². The average Bonchev–Trinajstić information content (AvgIpc) is 2.78. The second-order valence-corrected chi connectivity index (χ2v) is 6.15. The van der Waals surface area contributed by atoms with Crippen LogP contribution in [0.25, 0.3) is 0 Å². The lowest BCUT2D eigenvalue weighted by molar-refractivity contribution is 0.131. The van der Waals surface area contributed by atoms with Crippen LogP contribution in [0.5, 0.6) is 11.5 Å². The molecule has 3 heteroatoms. The van der Waals surface area contributed by atoms with Crippen molar-refractivity contribution in [3.63, 3.8) is 0 Å². The number of hydrogen-bond donors (Lipinski definition) is 1. The van der Waals surface area contributed by atoms with Crippen molar-refractivity contribution in [2.24, 2.45) is 0 Å². The quantitative estimate of drug-likeness (QED) is 0.893. The molecule has 0 spiro atoms. The Balaban J connectivity index is 1.69. The number of piperidine rings is 1. The predicted octanol–water partition coefficient (Wildman–Crippen LogP) is 3.45. The SMILES string of the molecule is CCCOc1cc(C)ccc1OC1C[C@H]2CC[C@@H](C1)N2. The molecule has 0 amide bonds. The molecule has 2 aliphatic heterocycles. The first-order valence-corrected chi connectivity index (χ1v) is 7.90. The summed E-state index contributed by atoms with van der Waals surface area (Å²) in [7, 11) is 0. The fourth-order valence-electron chi connectivity index (χ4n) is 3.32. The third kappa shape index (κ3) is 3.09. The van der Waals surface area contributed by atoms with Crippen LogP contribution in [0.3, 0.4) is 0 Å². The van der Waals surface area contributed by atoms with E-state index in [2.05, 4.69) is 37.4 Å². The lowest BCUT2D eigenvalue weighted by atomic mass is 10.0. The smallest absolute Gasteiger partial charge is 0.161 e. The van der Waals surface area contributed by atoms with Crippen molar-refractivity contribution < 1.29 is 9.47 Å². The molecule has 110 valence electrons. The monoisotopic (exact) mass is 275 g/mol. The van der Waals surface area contributed by atoms with Crippen LogP contribution in [-0.4, -0.2) is 24.8 Å². The van der Waals surface area contributed by atoms with Gasteiger partial charge in [0.05, 0.1) is 6.61 Å². The first kappa shape index (κ1) is 13.7. The molecule has 0 radical (unpaired) electrons. The largest absolute Gasteiger partial charge is 0.490 e. The molecular weight excluding hydrogens is 250 g/mol. The second-order valence-electron chi connectivity index (χ2n) is 6.15. The minimum atomic E-state index is 0.334. The van der Waals surface area contributed by atoms with E-state index in [1.54, 1.807) is 0 Å². The van der Waals surface area contributed by atoms with E-state index in [9.17, 15) is 0 Å². The molecule has 1 aromatic carbocycles. The molecule has 0 aromatic heterocycles. The molecule has 3 nitrogen and oxygen atoms in total. The standard InChI is InChI=1S/C17H25NO2/c1-3-8-19-17-9-12(2)4-7-16(17)20-15-10-13-5-6-14(11-15)18-13/h4,7,9,13-15,18H,3,5-6,8,10-11H2,1-2H3/t13-,14+,15?. The number of hydrogen-bond acceptors (Lipinski definition) is 3. The molecular formula is C17H25NO2. The number of rotatable bonds is 5. The van der Waals surface area contributed by atoms with Crippen LogP contribution < -0.4 is 14.8 Å². The first-order chi connectivity index (χ1) is 9.74. The van der Waals surface area contributed by atoms with Gasteiger partial charge in [0.25, 0.3) is 0 Å². The van der Waals surface area contributed by atoms with Crippen molar-refractivity contribution in [2.45, 2.75) is 64.1 Å². The highest BCUT2D eigenvalue weighted by atomic mass is 16.5. The number of nitrogens with one attached hydrogen (secondary N) is 1. The zero-order chi connectivity index (χ0) is 13.9. The predicted molar refractivity (Wildman–Crippen MR) is 80.6 cm³/mol. The maximum Gasteiger partial charge on any atom is 0.161 e. The van der Waals surface area contributed by atoms with Gasteiger partial charge in [0.2, 0.25) is 0 Å². The van der Waals surface area contributed by atoms with E-state index in [1.807, 2.05) is 0 Å². The Morgan fingerprint density at radius 3 is 2.60 bits per heavy atom. The van der Waals surface area contributed by atoms with E-state index in [-0.39, 0.29) is 0 Å². The van der Waals surface area contributed by atoms with Gasteiger partial charge in [-0.25, -0.2) is 0 Å². The Hall–Kier alpha value is -1.22. The van der Waals surface area contributed by atoms with E-state index >= 15 is 0 Å². The average molecular weight is 275 g/mol. The van der Waals surface area contributed by atoms with E-state index in [4.69, 9.17) is 9.47 Å². The normalized spacial score (nSPS) is 28.4. The minimum absolute atomic E-state index is 0.334. The lowest BCUT2D eigenvalue weighted by Crippen LogP contribution is -2.42. The summed E-state index contributed by atoms with van der Waals surface area (Å²) in [6.45, 7) is 4.96. The molecule has 2 fully saturated rings. The Labute approximate surface area is 121 Å². The number of aryl methyl sites for hydroxylation is 1. The van der Waals surface area contributed by atoms with Gasteiger partial charge >= 0.3 is 0 Å². The van der Waals surface area contributed by atoms with Gasteiger partial charge in [0.1, 0.15) is 6.10 Å². The summed E-state index contributed by atoms with van der Waals surface area (Å²) in [5.74, 6) is 1.81. The zero-order valence-corrected chi connectivity index (χ0v) is 12.5. The molecule has 3 atom stereocenters. The fourth-order valence-corrected chi connectivity index (χ4v) is 3.32. The second kappa shape index (κ2) is 6.04. The summed E-state index contributed by atoms with van der Waals surface area (Å²) in [6, 6.07) is 7.56. The fraction of sp³-hybridized carbons (Fsp3) is 0.647. The van der Waals surface area contributed by atoms with Crippen LogP contribution in [0.1, 0.15) is 44.6 Å². The summed E-state index contributed by atoms with van der Waals surface area (Å²) < 4.78 is 12.1. The van der Waals surface area contributed by atoms with Gasteiger partial charge in [-0.15, -0.1) is 0 Å². The summed E-state index contributed by atoms with van der Waals surface area (Å²) in [6.07, 6.45) is 6.20. The number of ether oxygens (including phenoxy) is 2.